The lowest BCUT2D eigenvalue weighted by molar-refractivity contribution is 1.07. The van der Waals surface area contributed by atoms with Gasteiger partial charge in [0.1, 0.15) is 0 Å². The number of benzene rings is 13. The molecular weight excluding hydrogens is 1110 g/mol. The van der Waals surface area contributed by atoms with Gasteiger partial charge in [-0.15, -0.1) is 0 Å². The van der Waals surface area contributed by atoms with Gasteiger partial charge in [-0.1, -0.05) is 206 Å². The van der Waals surface area contributed by atoms with E-state index in [2.05, 4.69) is 254 Å². The van der Waals surface area contributed by atoms with Crippen LogP contribution in [0.1, 0.15) is 0 Å². The molecule has 13 aromatic carbocycles. The largest absolute Gasteiger partial charge is 0.309 e. The quantitative estimate of drug-likeness (QED) is 0.128. The van der Waals surface area contributed by atoms with Crippen LogP contribution in [0.4, 0.5) is 11.4 Å². The molecule has 0 aliphatic heterocycles. The molecule has 4 heterocycles. The lowest BCUT2D eigenvalue weighted by Gasteiger charge is -2.22. The topological polar surface area (TPSA) is 62.2 Å². The van der Waals surface area contributed by atoms with E-state index in [1.165, 1.54) is 21.5 Å². The number of aromatic nitrogens is 6. The van der Waals surface area contributed by atoms with Gasteiger partial charge >= 0.3 is 0 Å². The Morgan fingerprint density at radius 2 is 0.560 bits per heavy atom. The highest BCUT2D eigenvalue weighted by atomic mass is 15.0. The van der Waals surface area contributed by atoms with Crippen LogP contribution in [0.5, 0.6) is 0 Å². The Morgan fingerprint density at radius 1 is 0.231 bits per heavy atom. The summed E-state index contributed by atoms with van der Waals surface area (Å²) in [5.74, 6) is 1.66. The minimum absolute atomic E-state index is 0.527. The van der Waals surface area contributed by atoms with Gasteiger partial charge in [0, 0.05) is 71.5 Å². The van der Waals surface area contributed by atoms with E-state index in [1.807, 2.05) is 72.8 Å². The first-order valence-electron chi connectivity index (χ1n) is 30.3. The number of rotatable bonds is 10. The molecule has 0 fully saturated rings. The average Bonchev–Trinajstić information content (AvgIpc) is 1.86. The van der Waals surface area contributed by atoms with Crippen molar-refractivity contribution >= 4 is 76.8 Å². The van der Waals surface area contributed by atoms with Gasteiger partial charge in [0.05, 0.1) is 51.9 Å². The third kappa shape index (κ3) is 8.94. The van der Waals surface area contributed by atoms with E-state index in [1.54, 1.807) is 0 Å². The first-order valence-corrected chi connectivity index (χ1v) is 30.3. The lowest BCUT2D eigenvalue weighted by Crippen LogP contribution is -2.05. The Labute approximate surface area is 524 Å². The van der Waals surface area contributed by atoms with Crippen molar-refractivity contribution in [2.45, 2.75) is 0 Å². The van der Waals surface area contributed by atoms with Gasteiger partial charge in [0.15, 0.2) is 28.8 Å². The summed E-state index contributed by atoms with van der Waals surface area (Å²) in [6.07, 6.45) is 0. The molecule has 0 bridgehead atoms. The molecular formula is C83H50N8. The van der Waals surface area contributed by atoms with E-state index >= 15 is 0 Å². The van der Waals surface area contributed by atoms with Crippen LogP contribution in [-0.4, -0.2) is 28.7 Å². The Hall–Kier alpha value is -12.8. The average molecular weight is 1160 g/mol. The number of nitrogens with zero attached hydrogens (tertiary/aromatic N) is 8. The fourth-order valence-corrected chi connectivity index (χ4v) is 13.5. The number of hydrogen-bond acceptors (Lipinski definition) is 3. The van der Waals surface area contributed by atoms with E-state index in [4.69, 9.17) is 28.1 Å². The predicted octanol–water partition coefficient (Wildman–Crippen LogP) is 21.9. The molecule has 0 unspecified atom stereocenters. The van der Waals surface area contributed by atoms with Crippen molar-refractivity contribution in [3.8, 4) is 95.7 Å². The summed E-state index contributed by atoms with van der Waals surface area (Å²) in [5.41, 5.74) is 20.8. The molecule has 17 aromatic rings. The van der Waals surface area contributed by atoms with Crippen LogP contribution in [0.3, 0.4) is 0 Å². The Kier molecular flexibility index (Phi) is 12.5. The molecule has 8 heteroatoms. The summed E-state index contributed by atoms with van der Waals surface area (Å²) in [6.45, 7) is 15.9. The molecule has 8 nitrogen and oxygen atoms in total. The summed E-state index contributed by atoms with van der Waals surface area (Å²) in [5, 5.41) is 6.78. The minimum Gasteiger partial charge on any atom is -0.309 e. The van der Waals surface area contributed by atoms with E-state index in [0.29, 0.717) is 28.8 Å². The van der Waals surface area contributed by atoms with Gasteiger partial charge in [0.25, 0.3) is 0 Å². The third-order valence-electron chi connectivity index (χ3n) is 17.7. The van der Waals surface area contributed by atoms with Crippen molar-refractivity contribution in [1.82, 2.24) is 28.7 Å². The van der Waals surface area contributed by atoms with Crippen LogP contribution in [0.2, 0.25) is 0 Å². The Bertz CT molecular complexity index is 5420. The zero-order valence-electron chi connectivity index (χ0n) is 48.9. The summed E-state index contributed by atoms with van der Waals surface area (Å²) < 4.78 is 7.22. The summed E-state index contributed by atoms with van der Waals surface area (Å²) >= 11 is 0. The zero-order chi connectivity index (χ0) is 60.5. The maximum absolute atomic E-state index is 7.97. The standard InChI is InChI=1S/C83H50N8/c1-84-62-29-17-25-55(45-62)57-41-43-78-72(49-57)73-50-58(56-26-18-30-63(46-56)85-2)42-44-79(73)91(78)80-70(59-27-19-31-64(47-59)89-74-37-13-9-33-66(74)67-34-10-14-38-75(67)89)51-61(83-87-81(53-21-5-3-6-22-53)86-82(88-83)54-23-7-4-8-24-54)52-71(80)60-28-20-32-65(48-60)90-76-39-15-11-35-68(76)69-36-12-16-40-77(69)90/h3-52H. The molecule has 0 radical (unpaired) electrons. The zero-order valence-corrected chi connectivity index (χ0v) is 48.9. The molecule has 0 aliphatic carbocycles. The Balaban J connectivity index is 1.02. The lowest BCUT2D eigenvalue weighted by atomic mass is 9.92. The minimum atomic E-state index is 0.527. The van der Waals surface area contributed by atoms with E-state index in [0.717, 1.165) is 122 Å². The highest BCUT2D eigenvalue weighted by molar-refractivity contribution is 6.14. The van der Waals surface area contributed by atoms with Crippen molar-refractivity contribution in [1.29, 1.82) is 0 Å². The molecule has 4 aromatic heterocycles. The van der Waals surface area contributed by atoms with Crippen molar-refractivity contribution in [3.63, 3.8) is 0 Å². The van der Waals surface area contributed by atoms with E-state index in [9.17, 15) is 0 Å². The summed E-state index contributed by atoms with van der Waals surface area (Å²) in [4.78, 5) is 23.7. The summed E-state index contributed by atoms with van der Waals surface area (Å²) in [7, 11) is 0. The van der Waals surface area contributed by atoms with Crippen molar-refractivity contribution < 1.29 is 0 Å². The van der Waals surface area contributed by atoms with Gasteiger partial charge in [-0.2, -0.15) is 0 Å². The van der Waals surface area contributed by atoms with Crippen LogP contribution in [0.25, 0.3) is 171 Å². The number of para-hydroxylation sites is 4. The van der Waals surface area contributed by atoms with Crippen molar-refractivity contribution in [2.24, 2.45) is 0 Å². The van der Waals surface area contributed by atoms with Crippen LogP contribution in [0, 0.1) is 13.1 Å². The van der Waals surface area contributed by atoms with Crippen LogP contribution < -0.4 is 0 Å². The molecule has 0 spiro atoms. The molecule has 0 saturated heterocycles. The predicted molar refractivity (Wildman–Crippen MR) is 373 cm³/mol. The second kappa shape index (κ2) is 21.6. The van der Waals surface area contributed by atoms with Gasteiger partial charge in [-0.05, 0) is 130 Å². The van der Waals surface area contributed by atoms with Gasteiger partial charge in [-0.3, -0.25) is 0 Å². The second-order valence-corrected chi connectivity index (χ2v) is 22.9. The van der Waals surface area contributed by atoms with Gasteiger partial charge in [-0.25, -0.2) is 24.6 Å². The van der Waals surface area contributed by atoms with Crippen LogP contribution in [-0.2, 0) is 0 Å². The molecule has 17 rings (SSSR count). The Morgan fingerprint density at radius 3 is 0.967 bits per heavy atom. The smallest absolute Gasteiger partial charge is 0.187 e. The molecule has 0 aliphatic rings. The number of fused-ring (bicyclic) bond motifs is 9. The number of hydrogen-bond donors (Lipinski definition) is 0. The van der Waals surface area contributed by atoms with E-state index < -0.39 is 0 Å². The van der Waals surface area contributed by atoms with Crippen molar-refractivity contribution in [3.05, 3.63) is 326 Å². The van der Waals surface area contributed by atoms with E-state index in [-0.39, 0.29) is 0 Å². The first-order chi connectivity index (χ1) is 45.0. The second-order valence-electron chi connectivity index (χ2n) is 22.9. The maximum Gasteiger partial charge on any atom is 0.187 e. The monoisotopic (exact) mass is 1160 g/mol. The molecule has 0 saturated carbocycles. The molecule has 0 atom stereocenters. The maximum atomic E-state index is 7.97. The summed E-state index contributed by atoms with van der Waals surface area (Å²) in [6, 6.07) is 106. The highest BCUT2D eigenvalue weighted by Crippen LogP contribution is 2.47. The fourth-order valence-electron chi connectivity index (χ4n) is 13.5. The third-order valence-corrected chi connectivity index (χ3v) is 17.7. The van der Waals surface area contributed by atoms with Crippen LogP contribution in [0.15, 0.2) is 303 Å². The normalized spacial score (nSPS) is 11.5. The molecule has 0 N–H and O–H groups in total. The fraction of sp³-hybridized carbons (Fsp3) is 0. The SMILES string of the molecule is [C-]#[N+]c1cccc(-c2ccc3c(c2)c2cc(-c4cccc([N+]#[C-])c4)ccc2n3-c2c(-c3cccc(-n4c5ccccc5c5ccccc54)c3)cc(-c3nc(-c4ccccc4)nc(-c4ccccc4)n3)cc2-c2cccc(-n3c4ccccc4c4ccccc43)c2)c1. The molecule has 422 valence electrons. The van der Waals surface area contributed by atoms with Crippen molar-refractivity contribution in [2.75, 3.05) is 0 Å². The first kappa shape index (κ1) is 52.6. The molecule has 91 heavy (non-hydrogen) atoms. The van der Waals surface area contributed by atoms with Crippen LogP contribution >= 0.6 is 0 Å². The van der Waals surface area contributed by atoms with Gasteiger partial charge in [0.2, 0.25) is 0 Å². The van der Waals surface area contributed by atoms with Gasteiger partial charge < -0.3 is 13.7 Å². The highest BCUT2D eigenvalue weighted by Gasteiger charge is 2.26. The molecule has 0 amide bonds.